The van der Waals surface area contributed by atoms with E-state index in [1.165, 1.54) is 5.69 Å². The van der Waals surface area contributed by atoms with Crippen LogP contribution >= 0.6 is 15.9 Å². The molecule has 3 heteroatoms. The summed E-state index contributed by atoms with van der Waals surface area (Å²) < 4.78 is 3.21. The summed E-state index contributed by atoms with van der Waals surface area (Å²) in [5.41, 5.74) is 3.54. The average molecular weight is 265 g/mol. The van der Waals surface area contributed by atoms with E-state index in [9.17, 15) is 0 Å². The minimum atomic E-state index is 0.982. The third kappa shape index (κ3) is 1.97. The van der Waals surface area contributed by atoms with Gasteiger partial charge in [-0.3, -0.25) is 0 Å². The van der Waals surface area contributed by atoms with Crippen molar-refractivity contribution in [3.8, 4) is 5.69 Å². The molecule has 0 unspecified atom stereocenters. The molecule has 0 aliphatic rings. The Hall–Kier alpha value is -1.09. The molecule has 0 bridgehead atoms. The molecule has 2 nitrogen and oxygen atoms in total. The van der Waals surface area contributed by atoms with Gasteiger partial charge in [0.05, 0.1) is 12.0 Å². The van der Waals surface area contributed by atoms with E-state index in [-0.39, 0.29) is 0 Å². The molecule has 1 aromatic carbocycles. The third-order valence-electron chi connectivity index (χ3n) is 2.55. The zero-order valence-corrected chi connectivity index (χ0v) is 10.5. The van der Waals surface area contributed by atoms with E-state index in [1.807, 2.05) is 18.5 Å². The summed E-state index contributed by atoms with van der Waals surface area (Å²) in [7, 11) is 0. The molecule has 0 atom stereocenters. The normalized spacial score (nSPS) is 10.6. The Morgan fingerprint density at radius 1 is 1.27 bits per heavy atom. The monoisotopic (exact) mass is 264 g/mol. The molecular formula is C12H13BrN2. The maximum absolute atomic E-state index is 4.38. The minimum absolute atomic E-state index is 0.982. The molecule has 0 radical (unpaired) electrons. The molecule has 0 saturated heterocycles. The zero-order chi connectivity index (χ0) is 10.8. The van der Waals surface area contributed by atoms with Gasteiger partial charge in [0.15, 0.2) is 0 Å². The van der Waals surface area contributed by atoms with Crippen LogP contribution in [0.5, 0.6) is 0 Å². The predicted molar refractivity (Wildman–Crippen MR) is 65.4 cm³/mol. The molecule has 0 aliphatic heterocycles. The van der Waals surface area contributed by atoms with Crippen molar-refractivity contribution >= 4 is 15.9 Å². The lowest BCUT2D eigenvalue weighted by molar-refractivity contribution is 0.984. The summed E-state index contributed by atoms with van der Waals surface area (Å²) in [6.45, 7) is 4.23. The van der Waals surface area contributed by atoms with Crippen molar-refractivity contribution in [2.45, 2.75) is 20.3 Å². The minimum Gasteiger partial charge on any atom is -0.303 e. The number of halogens is 1. The highest BCUT2D eigenvalue weighted by atomic mass is 79.9. The first-order valence-electron chi connectivity index (χ1n) is 5.01. The first kappa shape index (κ1) is 10.4. The molecule has 0 spiro atoms. The van der Waals surface area contributed by atoms with Gasteiger partial charge in [-0.1, -0.05) is 22.9 Å². The van der Waals surface area contributed by atoms with Crippen LogP contribution in [-0.4, -0.2) is 9.55 Å². The van der Waals surface area contributed by atoms with Crippen LogP contribution in [0, 0.1) is 6.92 Å². The topological polar surface area (TPSA) is 17.8 Å². The van der Waals surface area contributed by atoms with Gasteiger partial charge in [0.25, 0.3) is 0 Å². The van der Waals surface area contributed by atoms with Crippen LogP contribution in [0.25, 0.3) is 5.69 Å². The fourth-order valence-electron chi connectivity index (χ4n) is 1.66. The van der Waals surface area contributed by atoms with Crippen molar-refractivity contribution in [1.82, 2.24) is 9.55 Å². The van der Waals surface area contributed by atoms with E-state index in [0.29, 0.717) is 0 Å². The number of rotatable bonds is 2. The van der Waals surface area contributed by atoms with E-state index in [0.717, 1.165) is 22.3 Å². The average Bonchev–Trinajstić information content (AvgIpc) is 2.61. The smallest absolute Gasteiger partial charge is 0.0997 e. The Morgan fingerprint density at radius 3 is 2.47 bits per heavy atom. The van der Waals surface area contributed by atoms with E-state index in [1.54, 1.807) is 0 Å². The van der Waals surface area contributed by atoms with Crippen molar-refractivity contribution in [2.75, 3.05) is 0 Å². The van der Waals surface area contributed by atoms with Gasteiger partial charge in [-0.2, -0.15) is 0 Å². The quantitative estimate of drug-likeness (QED) is 0.812. The molecule has 1 aromatic heterocycles. The van der Waals surface area contributed by atoms with Crippen molar-refractivity contribution in [3.05, 3.63) is 46.5 Å². The highest BCUT2D eigenvalue weighted by molar-refractivity contribution is 9.10. The Kier molecular flexibility index (Phi) is 2.91. The maximum Gasteiger partial charge on any atom is 0.0997 e. The molecule has 2 rings (SSSR count). The lowest BCUT2D eigenvalue weighted by Gasteiger charge is -2.05. The lowest BCUT2D eigenvalue weighted by Crippen LogP contribution is -1.95. The molecule has 0 fully saturated rings. The van der Waals surface area contributed by atoms with Crippen LogP contribution < -0.4 is 0 Å². The van der Waals surface area contributed by atoms with Crippen molar-refractivity contribution < 1.29 is 0 Å². The SMILES string of the molecule is CCc1ncn(-c2ccc(Br)cc2)c1C. The van der Waals surface area contributed by atoms with Gasteiger partial charge < -0.3 is 4.57 Å². The highest BCUT2D eigenvalue weighted by Crippen LogP contribution is 2.17. The first-order valence-corrected chi connectivity index (χ1v) is 5.80. The number of benzene rings is 1. The van der Waals surface area contributed by atoms with Gasteiger partial charge in [-0.25, -0.2) is 4.98 Å². The molecule has 0 N–H and O–H groups in total. The van der Waals surface area contributed by atoms with E-state index in [2.05, 4.69) is 51.5 Å². The molecule has 0 saturated carbocycles. The van der Waals surface area contributed by atoms with Crippen molar-refractivity contribution in [1.29, 1.82) is 0 Å². The number of hydrogen-bond acceptors (Lipinski definition) is 1. The van der Waals surface area contributed by atoms with Gasteiger partial charge in [-0.15, -0.1) is 0 Å². The molecule has 2 aromatic rings. The summed E-state index contributed by atoms with van der Waals surface area (Å²) in [5.74, 6) is 0. The van der Waals surface area contributed by atoms with Crippen LogP contribution in [0.3, 0.4) is 0 Å². The molecule has 0 aliphatic carbocycles. The fraction of sp³-hybridized carbons (Fsp3) is 0.250. The number of aromatic nitrogens is 2. The van der Waals surface area contributed by atoms with Crippen molar-refractivity contribution in [2.24, 2.45) is 0 Å². The summed E-state index contributed by atoms with van der Waals surface area (Å²) in [5, 5.41) is 0. The van der Waals surface area contributed by atoms with Gasteiger partial charge in [0.1, 0.15) is 0 Å². The molecular weight excluding hydrogens is 252 g/mol. The Balaban J connectivity index is 2.45. The number of hydrogen-bond donors (Lipinski definition) is 0. The van der Waals surface area contributed by atoms with E-state index < -0.39 is 0 Å². The van der Waals surface area contributed by atoms with Gasteiger partial charge in [-0.05, 0) is 37.6 Å². The van der Waals surface area contributed by atoms with Crippen LogP contribution in [0.1, 0.15) is 18.3 Å². The maximum atomic E-state index is 4.38. The second-order valence-corrected chi connectivity index (χ2v) is 4.39. The third-order valence-corrected chi connectivity index (χ3v) is 3.08. The van der Waals surface area contributed by atoms with Gasteiger partial charge >= 0.3 is 0 Å². The van der Waals surface area contributed by atoms with Crippen LogP contribution in [0.15, 0.2) is 35.1 Å². The Labute approximate surface area is 98.1 Å². The second kappa shape index (κ2) is 4.19. The van der Waals surface area contributed by atoms with Gasteiger partial charge in [0, 0.05) is 15.9 Å². The summed E-state index contributed by atoms with van der Waals surface area (Å²) in [4.78, 5) is 4.38. The number of aryl methyl sites for hydroxylation is 1. The Morgan fingerprint density at radius 2 is 1.93 bits per heavy atom. The van der Waals surface area contributed by atoms with E-state index >= 15 is 0 Å². The highest BCUT2D eigenvalue weighted by Gasteiger charge is 2.05. The summed E-state index contributed by atoms with van der Waals surface area (Å²) >= 11 is 3.43. The van der Waals surface area contributed by atoms with Crippen LogP contribution in [-0.2, 0) is 6.42 Å². The second-order valence-electron chi connectivity index (χ2n) is 3.48. The van der Waals surface area contributed by atoms with Crippen LogP contribution in [0.4, 0.5) is 0 Å². The molecule has 0 amide bonds. The van der Waals surface area contributed by atoms with Crippen molar-refractivity contribution in [3.63, 3.8) is 0 Å². The summed E-state index contributed by atoms with van der Waals surface area (Å²) in [6, 6.07) is 8.25. The van der Waals surface area contributed by atoms with E-state index in [4.69, 9.17) is 0 Å². The summed E-state index contributed by atoms with van der Waals surface area (Å²) in [6.07, 6.45) is 2.87. The number of imidazole rings is 1. The standard InChI is InChI=1S/C12H13BrN2/c1-3-12-9(2)15(8-14-12)11-6-4-10(13)5-7-11/h4-8H,3H2,1-2H3. The fourth-order valence-corrected chi connectivity index (χ4v) is 1.92. The largest absolute Gasteiger partial charge is 0.303 e. The van der Waals surface area contributed by atoms with Gasteiger partial charge in [0.2, 0.25) is 0 Å². The predicted octanol–water partition coefficient (Wildman–Crippen LogP) is 3.51. The molecule has 15 heavy (non-hydrogen) atoms. The Bertz CT molecular complexity index is 457. The van der Waals surface area contributed by atoms with Crippen LogP contribution in [0.2, 0.25) is 0 Å². The zero-order valence-electron chi connectivity index (χ0n) is 8.87. The molecule has 1 heterocycles. The lowest BCUT2D eigenvalue weighted by atomic mass is 10.2. The number of nitrogens with zero attached hydrogens (tertiary/aromatic N) is 2. The first-order chi connectivity index (χ1) is 7.22. The molecule has 78 valence electrons.